The van der Waals surface area contributed by atoms with Crippen molar-refractivity contribution in [2.45, 2.75) is 52.9 Å². The highest BCUT2D eigenvalue weighted by Crippen LogP contribution is 2.08. The second-order valence-electron chi connectivity index (χ2n) is 3.44. The Morgan fingerprint density at radius 1 is 1.27 bits per heavy atom. The molecule has 0 aromatic rings. The second kappa shape index (κ2) is 9.54. The first kappa shape index (κ1) is 14.0. The lowest BCUT2D eigenvalue weighted by molar-refractivity contribution is -0.138. The van der Waals surface area contributed by atoms with E-state index in [2.05, 4.69) is 19.6 Å². The van der Waals surface area contributed by atoms with Gasteiger partial charge in [0, 0.05) is 0 Å². The fourth-order valence-corrected chi connectivity index (χ4v) is 1.14. The molecule has 0 N–H and O–H groups in total. The van der Waals surface area contributed by atoms with E-state index in [1.54, 1.807) is 0 Å². The second-order valence-corrected chi connectivity index (χ2v) is 3.44. The molecule has 15 heavy (non-hydrogen) atoms. The van der Waals surface area contributed by atoms with Gasteiger partial charge in [-0.3, -0.25) is 0 Å². The van der Waals surface area contributed by atoms with Gasteiger partial charge in [0.25, 0.3) is 0 Å². The van der Waals surface area contributed by atoms with Crippen molar-refractivity contribution in [2.24, 2.45) is 0 Å². The molecule has 0 atom stereocenters. The molecule has 0 unspecified atom stereocenters. The van der Waals surface area contributed by atoms with E-state index in [9.17, 15) is 4.79 Å². The maximum absolute atomic E-state index is 11.5. The molecule has 0 aliphatic heterocycles. The SMILES string of the molecule is CCCC=C=C(CCCC)C(=O)OCC. The lowest BCUT2D eigenvalue weighted by atomic mass is 10.1. The number of rotatable bonds is 7. The Balaban J connectivity index is 4.41. The quantitative estimate of drug-likeness (QED) is 0.364. The summed E-state index contributed by atoms with van der Waals surface area (Å²) < 4.78 is 4.97. The summed E-state index contributed by atoms with van der Waals surface area (Å²) in [5.74, 6) is -0.210. The molecule has 0 amide bonds. The number of carbonyl (C=O) groups is 1. The zero-order valence-corrected chi connectivity index (χ0v) is 10.1. The van der Waals surface area contributed by atoms with Gasteiger partial charge in [-0.15, -0.1) is 5.73 Å². The van der Waals surface area contributed by atoms with Crippen LogP contribution in [0.25, 0.3) is 0 Å². The summed E-state index contributed by atoms with van der Waals surface area (Å²) >= 11 is 0. The highest BCUT2D eigenvalue weighted by Gasteiger charge is 2.08. The molecule has 0 bridgehead atoms. The number of carbonyl (C=O) groups excluding carboxylic acids is 1. The minimum Gasteiger partial charge on any atom is -0.462 e. The van der Waals surface area contributed by atoms with Gasteiger partial charge >= 0.3 is 5.97 Å². The van der Waals surface area contributed by atoms with E-state index in [1.165, 1.54) is 0 Å². The van der Waals surface area contributed by atoms with Gasteiger partial charge in [0.1, 0.15) is 0 Å². The Morgan fingerprint density at radius 2 is 2.00 bits per heavy atom. The van der Waals surface area contributed by atoms with Crippen LogP contribution in [0.15, 0.2) is 17.4 Å². The van der Waals surface area contributed by atoms with Crippen molar-refractivity contribution in [1.29, 1.82) is 0 Å². The summed E-state index contributed by atoms with van der Waals surface area (Å²) in [4.78, 5) is 11.5. The Bertz CT molecular complexity index is 235. The third kappa shape index (κ3) is 6.98. The molecule has 0 aromatic carbocycles. The largest absolute Gasteiger partial charge is 0.462 e. The van der Waals surface area contributed by atoms with Crippen LogP contribution in [0, 0.1) is 0 Å². The van der Waals surface area contributed by atoms with E-state index >= 15 is 0 Å². The number of ether oxygens (including phenoxy) is 1. The van der Waals surface area contributed by atoms with Gasteiger partial charge in [0.2, 0.25) is 0 Å². The van der Waals surface area contributed by atoms with Gasteiger partial charge in [0.15, 0.2) is 0 Å². The maximum atomic E-state index is 11.5. The highest BCUT2D eigenvalue weighted by atomic mass is 16.5. The molecule has 0 fully saturated rings. The third-order valence-electron chi connectivity index (χ3n) is 2.01. The van der Waals surface area contributed by atoms with Crippen LogP contribution in [-0.2, 0) is 9.53 Å². The summed E-state index contributed by atoms with van der Waals surface area (Å²) in [5, 5.41) is 0. The van der Waals surface area contributed by atoms with E-state index in [0.29, 0.717) is 12.2 Å². The molecular formula is C13H22O2. The van der Waals surface area contributed by atoms with E-state index < -0.39 is 0 Å². The van der Waals surface area contributed by atoms with Crippen molar-refractivity contribution in [3.63, 3.8) is 0 Å². The van der Waals surface area contributed by atoms with Gasteiger partial charge in [-0.1, -0.05) is 26.7 Å². The molecule has 86 valence electrons. The summed E-state index contributed by atoms with van der Waals surface area (Å²) in [6.45, 7) is 6.47. The van der Waals surface area contributed by atoms with Crippen molar-refractivity contribution in [3.8, 4) is 0 Å². The molecular weight excluding hydrogens is 188 g/mol. The molecule has 0 radical (unpaired) electrons. The fourth-order valence-electron chi connectivity index (χ4n) is 1.14. The standard InChI is InChI=1S/C13H22O2/c1-4-7-9-11-12(10-8-5-2)13(14)15-6-3/h9H,4-8,10H2,1-3H3. The number of esters is 1. The van der Waals surface area contributed by atoms with Gasteiger partial charge in [-0.2, -0.15) is 0 Å². The van der Waals surface area contributed by atoms with Crippen molar-refractivity contribution in [3.05, 3.63) is 17.4 Å². The van der Waals surface area contributed by atoms with Crippen molar-refractivity contribution < 1.29 is 9.53 Å². The van der Waals surface area contributed by atoms with Crippen LogP contribution in [0.1, 0.15) is 52.9 Å². The fraction of sp³-hybridized carbons (Fsp3) is 0.692. The van der Waals surface area contributed by atoms with Gasteiger partial charge in [-0.05, 0) is 32.3 Å². The molecule has 0 rings (SSSR count). The molecule has 0 aliphatic carbocycles. The lowest BCUT2D eigenvalue weighted by Gasteiger charge is -2.03. The molecule has 2 heteroatoms. The summed E-state index contributed by atoms with van der Waals surface area (Å²) in [5.41, 5.74) is 3.74. The predicted molar refractivity (Wildman–Crippen MR) is 62.7 cm³/mol. The van der Waals surface area contributed by atoms with Crippen LogP contribution in [0.2, 0.25) is 0 Å². The van der Waals surface area contributed by atoms with Crippen LogP contribution in [0.3, 0.4) is 0 Å². The number of hydrogen-bond acceptors (Lipinski definition) is 2. The van der Waals surface area contributed by atoms with E-state index in [4.69, 9.17) is 4.74 Å². The Kier molecular flexibility index (Phi) is 8.90. The Morgan fingerprint density at radius 3 is 2.53 bits per heavy atom. The Hall–Kier alpha value is -1.01. The van der Waals surface area contributed by atoms with Crippen LogP contribution in [-0.4, -0.2) is 12.6 Å². The normalized spacial score (nSPS) is 9.27. The first-order chi connectivity index (χ1) is 7.26. The minimum absolute atomic E-state index is 0.210. The highest BCUT2D eigenvalue weighted by molar-refractivity contribution is 5.88. The molecule has 2 nitrogen and oxygen atoms in total. The average molecular weight is 210 g/mol. The van der Waals surface area contributed by atoms with E-state index in [1.807, 2.05) is 13.0 Å². The van der Waals surface area contributed by atoms with Crippen molar-refractivity contribution >= 4 is 5.97 Å². The first-order valence-corrected chi connectivity index (χ1v) is 5.87. The molecule has 0 saturated heterocycles. The average Bonchev–Trinajstić information content (AvgIpc) is 2.23. The van der Waals surface area contributed by atoms with Crippen LogP contribution >= 0.6 is 0 Å². The Labute approximate surface area is 93.0 Å². The molecule has 0 saturated carbocycles. The summed E-state index contributed by atoms with van der Waals surface area (Å²) in [6.07, 6.45) is 6.85. The molecule has 0 aliphatic rings. The van der Waals surface area contributed by atoms with Gasteiger partial charge in [0.05, 0.1) is 12.2 Å². The van der Waals surface area contributed by atoms with Crippen LogP contribution in [0.5, 0.6) is 0 Å². The molecule has 0 heterocycles. The zero-order chi connectivity index (χ0) is 11.5. The number of hydrogen-bond donors (Lipinski definition) is 0. The maximum Gasteiger partial charge on any atom is 0.341 e. The summed E-state index contributed by atoms with van der Waals surface area (Å²) in [6, 6.07) is 0. The first-order valence-electron chi connectivity index (χ1n) is 5.87. The smallest absolute Gasteiger partial charge is 0.341 e. The van der Waals surface area contributed by atoms with Crippen LogP contribution in [0.4, 0.5) is 0 Å². The van der Waals surface area contributed by atoms with Crippen molar-refractivity contribution in [1.82, 2.24) is 0 Å². The van der Waals surface area contributed by atoms with Gasteiger partial charge in [-0.25, -0.2) is 4.79 Å². The monoisotopic (exact) mass is 210 g/mol. The molecule has 0 spiro atoms. The molecule has 0 aromatic heterocycles. The van der Waals surface area contributed by atoms with E-state index in [-0.39, 0.29) is 5.97 Å². The third-order valence-corrected chi connectivity index (χ3v) is 2.01. The van der Waals surface area contributed by atoms with E-state index in [0.717, 1.165) is 32.1 Å². The van der Waals surface area contributed by atoms with Crippen molar-refractivity contribution in [2.75, 3.05) is 6.61 Å². The minimum atomic E-state index is -0.210. The zero-order valence-electron chi connectivity index (χ0n) is 10.1. The van der Waals surface area contributed by atoms with Crippen LogP contribution < -0.4 is 0 Å². The summed E-state index contributed by atoms with van der Waals surface area (Å²) in [7, 11) is 0. The van der Waals surface area contributed by atoms with Gasteiger partial charge < -0.3 is 4.74 Å². The number of unbranched alkanes of at least 4 members (excludes halogenated alkanes) is 2. The lowest BCUT2D eigenvalue weighted by Crippen LogP contribution is -2.06. The predicted octanol–water partition coefficient (Wildman–Crippen LogP) is 3.62. The topological polar surface area (TPSA) is 26.3 Å².